The summed E-state index contributed by atoms with van der Waals surface area (Å²) in [7, 11) is 0. The molecule has 1 atom stereocenters. The van der Waals surface area contributed by atoms with Gasteiger partial charge in [-0.3, -0.25) is 4.79 Å². The molecule has 5 rings (SSSR count). The van der Waals surface area contributed by atoms with Crippen LogP contribution in [-0.4, -0.2) is 76.0 Å². The average molecular weight is 497 g/mol. The van der Waals surface area contributed by atoms with Crippen molar-refractivity contribution in [2.24, 2.45) is 5.41 Å². The van der Waals surface area contributed by atoms with Crippen molar-refractivity contribution in [2.45, 2.75) is 70.4 Å². The van der Waals surface area contributed by atoms with Crippen molar-refractivity contribution in [3.8, 4) is 5.75 Å². The fraction of sp³-hybridized carbons (Fsp3) is 0.607. The molecule has 1 aromatic heterocycles. The van der Waals surface area contributed by atoms with Gasteiger partial charge in [-0.2, -0.15) is 0 Å². The molecule has 8 nitrogen and oxygen atoms in total. The van der Waals surface area contributed by atoms with Gasteiger partial charge >= 0.3 is 0 Å². The number of likely N-dealkylation sites (tertiary alicyclic amines) is 1. The molecule has 0 unspecified atom stereocenters. The van der Waals surface area contributed by atoms with Crippen LogP contribution in [0.2, 0.25) is 0 Å². The molecule has 3 aliphatic rings. The lowest BCUT2D eigenvalue weighted by Crippen LogP contribution is -2.56. The van der Waals surface area contributed by atoms with Crippen molar-refractivity contribution in [1.82, 2.24) is 14.9 Å². The van der Waals surface area contributed by atoms with Crippen LogP contribution in [-0.2, 0) is 4.79 Å². The van der Waals surface area contributed by atoms with E-state index in [2.05, 4.69) is 44.9 Å². The molecule has 1 aromatic carbocycles. The topological polar surface area (TPSA) is 99.0 Å². The highest BCUT2D eigenvalue weighted by Gasteiger charge is 2.49. The molecule has 8 heteroatoms. The lowest BCUT2D eigenvalue weighted by Gasteiger charge is -2.50. The number of para-hydroxylation sites is 1. The summed E-state index contributed by atoms with van der Waals surface area (Å²) in [5.74, 6) is 1.47. The van der Waals surface area contributed by atoms with Crippen LogP contribution in [0, 0.1) is 12.3 Å². The minimum Gasteiger partial charge on any atom is -0.490 e. The number of aliphatic hydroxyl groups is 1. The Hall–Kier alpha value is -2.71. The molecule has 3 heterocycles. The van der Waals surface area contributed by atoms with E-state index in [1.807, 2.05) is 12.3 Å². The molecule has 1 aliphatic carbocycles. The van der Waals surface area contributed by atoms with Crippen LogP contribution in [0.1, 0.15) is 63.1 Å². The first-order chi connectivity index (χ1) is 17.2. The summed E-state index contributed by atoms with van der Waals surface area (Å²) in [6.07, 6.45) is 9.96. The van der Waals surface area contributed by atoms with E-state index >= 15 is 0 Å². The fourth-order valence-corrected chi connectivity index (χ4v) is 6.18. The van der Waals surface area contributed by atoms with Crippen molar-refractivity contribution in [3.05, 3.63) is 48.0 Å². The van der Waals surface area contributed by atoms with E-state index < -0.39 is 5.60 Å². The number of anilines is 1. The summed E-state index contributed by atoms with van der Waals surface area (Å²) in [5, 5.41) is 16.9. The van der Waals surface area contributed by atoms with Crippen molar-refractivity contribution >= 4 is 12.2 Å². The number of aryl methyl sites for hydroxylation is 1. The van der Waals surface area contributed by atoms with Gasteiger partial charge in [0.15, 0.2) is 0 Å². The number of piperidine rings is 1. The number of nitrogens with zero attached hydrogens (tertiary/aromatic N) is 4. The van der Waals surface area contributed by atoms with Gasteiger partial charge in [0.2, 0.25) is 0 Å². The van der Waals surface area contributed by atoms with Gasteiger partial charge < -0.3 is 24.7 Å². The molecule has 3 fully saturated rings. The first-order valence-corrected chi connectivity index (χ1v) is 13.0. The van der Waals surface area contributed by atoms with Crippen LogP contribution in [0.5, 0.6) is 5.75 Å². The Morgan fingerprint density at radius 3 is 2.56 bits per heavy atom. The molecule has 36 heavy (non-hydrogen) atoms. The zero-order valence-corrected chi connectivity index (χ0v) is 21.8. The number of hydrogen-bond donors (Lipinski definition) is 2. The van der Waals surface area contributed by atoms with Gasteiger partial charge in [0.25, 0.3) is 6.47 Å². The number of carboxylic acid groups (broad SMARTS) is 1. The molecule has 0 bridgehead atoms. The number of carbonyl (C=O) groups is 1. The molecule has 2 aromatic rings. The van der Waals surface area contributed by atoms with Crippen LogP contribution in [0.3, 0.4) is 0 Å². The normalized spacial score (nSPS) is 22.0. The van der Waals surface area contributed by atoms with Crippen molar-refractivity contribution in [1.29, 1.82) is 0 Å². The zero-order valence-electron chi connectivity index (χ0n) is 21.8. The highest BCUT2D eigenvalue weighted by atomic mass is 16.5. The van der Waals surface area contributed by atoms with E-state index in [9.17, 15) is 5.11 Å². The maximum Gasteiger partial charge on any atom is 0.290 e. The third kappa shape index (κ3) is 6.16. The van der Waals surface area contributed by atoms with Crippen LogP contribution >= 0.6 is 0 Å². The first-order valence-electron chi connectivity index (χ1n) is 13.0. The Labute approximate surface area is 214 Å². The molecule has 0 radical (unpaired) electrons. The summed E-state index contributed by atoms with van der Waals surface area (Å²) in [6, 6.07) is 9.13. The Morgan fingerprint density at radius 1 is 1.19 bits per heavy atom. The van der Waals surface area contributed by atoms with E-state index in [4.69, 9.17) is 14.6 Å². The molecule has 2 aliphatic heterocycles. The lowest BCUT2D eigenvalue weighted by atomic mass is 9.77. The van der Waals surface area contributed by atoms with Crippen LogP contribution in [0.4, 0.5) is 5.69 Å². The predicted molar refractivity (Wildman–Crippen MR) is 140 cm³/mol. The highest BCUT2D eigenvalue weighted by Crippen LogP contribution is 2.49. The maximum atomic E-state index is 10.1. The largest absolute Gasteiger partial charge is 0.490 e. The van der Waals surface area contributed by atoms with E-state index in [1.165, 1.54) is 56.4 Å². The van der Waals surface area contributed by atoms with E-state index in [1.54, 1.807) is 20.2 Å². The summed E-state index contributed by atoms with van der Waals surface area (Å²) < 4.78 is 6.01. The summed E-state index contributed by atoms with van der Waals surface area (Å²) >= 11 is 0. The first kappa shape index (κ1) is 26.4. The Bertz CT molecular complexity index is 1010. The van der Waals surface area contributed by atoms with E-state index in [-0.39, 0.29) is 6.47 Å². The fourth-order valence-electron chi connectivity index (χ4n) is 6.18. The lowest BCUT2D eigenvalue weighted by molar-refractivity contribution is -0.122. The van der Waals surface area contributed by atoms with Gasteiger partial charge in [0.1, 0.15) is 18.7 Å². The Kier molecular flexibility index (Phi) is 8.15. The van der Waals surface area contributed by atoms with E-state index in [0.29, 0.717) is 17.9 Å². The molecule has 2 saturated heterocycles. The number of aromatic nitrogens is 2. The number of hydrogen-bond acceptors (Lipinski definition) is 7. The number of rotatable bonds is 6. The number of benzene rings is 1. The van der Waals surface area contributed by atoms with Crippen molar-refractivity contribution < 1.29 is 19.7 Å². The summed E-state index contributed by atoms with van der Waals surface area (Å²) in [5.41, 5.74) is 3.26. The molecular formula is C28H40N4O4. The Balaban J connectivity index is 0.000000967. The van der Waals surface area contributed by atoms with Gasteiger partial charge in [-0.25, -0.2) is 9.97 Å². The second kappa shape index (κ2) is 11.1. The van der Waals surface area contributed by atoms with Crippen LogP contribution in [0.25, 0.3) is 0 Å². The van der Waals surface area contributed by atoms with Crippen molar-refractivity contribution in [2.75, 3.05) is 37.7 Å². The quantitative estimate of drug-likeness (QED) is 0.582. The van der Waals surface area contributed by atoms with Crippen LogP contribution in [0.15, 0.2) is 36.8 Å². The monoisotopic (exact) mass is 496 g/mol. The molecule has 1 spiro atoms. The minimum atomic E-state index is -0.821. The summed E-state index contributed by atoms with van der Waals surface area (Å²) in [4.78, 5) is 22.2. The smallest absolute Gasteiger partial charge is 0.290 e. The van der Waals surface area contributed by atoms with Gasteiger partial charge in [-0.15, -0.1) is 0 Å². The van der Waals surface area contributed by atoms with Gasteiger partial charge in [-0.05, 0) is 83.5 Å². The summed E-state index contributed by atoms with van der Waals surface area (Å²) in [6.45, 7) is 10.4. The van der Waals surface area contributed by atoms with E-state index in [0.717, 1.165) is 30.6 Å². The molecule has 2 N–H and O–H groups in total. The third-order valence-electron chi connectivity index (χ3n) is 7.94. The molecule has 0 amide bonds. The number of ether oxygens (including phenoxy) is 1. The second-order valence-corrected chi connectivity index (χ2v) is 11.3. The predicted octanol–water partition coefficient (Wildman–Crippen LogP) is 3.87. The molecule has 1 saturated carbocycles. The standard InChI is InChI=1S/C27H38N4O2.CH2O2/c1-20-24(15-28-19-29-20)31-16-27(17-31)11-8-22(14-27)30-12-9-21(10-13-30)23-6-4-5-7-25(23)33-18-26(2,3)32;2-1-3/h4-7,15,19,21-22,32H,8-14,16-18H2,1-3H3;1H,(H,2,3)/t22-;/m1./s1. The van der Waals surface area contributed by atoms with Crippen LogP contribution < -0.4 is 9.64 Å². The minimum absolute atomic E-state index is 0.250. The molecule has 196 valence electrons. The van der Waals surface area contributed by atoms with Gasteiger partial charge in [0.05, 0.1) is 23.2 Å². The van der Waals surface area contributed by atoms with Crippen molar-refractivity contribution in [3.63, 3.8) is 0 Å². The average Bonchev–Trinajstić information content (AvgIpc) is 3.29. The maximum absolute atomic E-state index is 10.1. The zero-order chi connectivity index (χ0) is 25.8. The molecular weight excluding hydrogens is 456 g/mol. The third-order valence-corrected chi connectivity index (χ3v) is 7.94. The SMILES string of the molecule is Cc1ncncc1N1CC2(CC[C@@H](N3CCC(c4ccccc4OCC(C)(C)O)CC3)C2)C1.O=CO. The highest BCUT2D eigenvalue weighted by molar-refractivity contribution is 5.51. The second-order valence-electron chi connectivity index (χ2n) is 11.3. The van der Waals surface area contributed by atoms with Gasteiger partial charge in [-0.1, -0.05) is 18.2 Å². The van der Waals surface area contributed by atoms with Gasteiger partial charge in [0, 0.05) is 24.5 Å². The Morgan fingerprint density at radius 2 is 1.89 bits per heavy atom.